The second-order valence-corrected chi connectivity index (χ2v) is 8.74. The van der Waals surface area contributed by atoms with Crippen molar-refractivity contribution in [2.45, 2.75) is 13.0 Å². The molecule has 3 aromatic carbocycles. The van der Waals surface area contributed by atoms with Crippen LogP contribution < -0.4 is 15.5 Å². The average Bonchev–Trinajstić information content (AvgIpc) is 2.90. The maximum atomic E-state index is 12.9. The smallest absolute Gasteiger partial charge is 0.269 e. The predicted octanol–water partition coefficient (Wildman–Crippen LogP) is 3.85. The molecule has 3 aromatic rings. The fraction of sp³-hybridized carbons (Fsp3) is 0.259. The van der Waals surface area contributed by atoms with Gasteiger partial charge in [-0.15, -0.1) is 0 Å². The maximum absolute atomic E-state index is 12.9. The zero-order chi connectivity index (χ0) is 25.5. The van der Waals surface area contributed by atoms with Gasteiger partial charge in [0.15, 0.2) is 0 Å². The maximum Gasteiger partial charge on any atom is 0.269 e. The van der Waals surface area contributed by atoms with Crippen LogP contribution in [0.25, 0.3) is 0 Å². The molecule has 1 saturated heterocycles. The molecule has 0 aliphatic carbocycles. The molecule has 2 amide bonds. The molecule has 0 aromatic heterocycles. The molecule has 186 valence electrons. The number of para-hydroxylation sites is 1. The highest BCUT2D eigenvalue weighted by Crippen LogP contribution is 2.21. The number of hydrogen-bond donors (Lipinski definition) is 2. The molecule has 1 fully saturated rings. The number of anilines is 2. The van der Waals surface area contributed by atoms with Gasteiger partial charge in [0.1, 0.15) is 0 Å². The number of rotatable bonds is 8. The fourth-order valence-corrected chi connectivity index (χ4v) is 4.23. The number of hydrogen-bond acceptors (Lipinski definition) is 6. The van der Waals surface area contributed by atoms with Crippen molar-refractivity contribution in [3.05, 3.63) is 100 Å². The molecule has 9 heteroatoms. The molecule has 36 heavy (non-hydrogen) atoms. The third-order valence-corrected chi connectivity index (χ3v) is 6.26. The van der Waals surface area contributed by atoms with E-state index >= 15 is 0 Å². The van der Waals surface area contributed by atoms with Crippen LogP contribution in [0.1, 0.15) is 28.9 Å². The van der Waals surface area contributed by atoms with Crippen LogP contribution in [0.4, 0.5) is 17.1 Å². The minimum Gasteiger partial charge on any atom is -0.369 e. The van der Waals surface area contributed by atoms with E-state index < -0.39 is 4.92 Å². The molecule has 0 spiro atoms. The van der Waals surface area contributed by atoms with Gasteiger partial charge in [0.05, 0.1) is 28.8 Å². The minimum atomic E-state index is -0.411. The van der Waals surface area contributed by atoms with Gasteiger partial charge in [-0.2, -0.15) is 0 Å². The number of nitrogens with zero attached hydrogens (tertiary/aromatic N) is 3. The Morgan fingerprint density at radius 1 is 0.917 bits per heavy atom. The summed E-state index contributed by atoms with van der Waals surface area (Å²) in [6, 6.07) is 23.0. The lowest BCUT2D eigenvalue weighted by Gasteiger charge is -2.35. The average molecular weight is 488 g/mol. The van der Waals surface area contributed by atoms with E-state index in [9.17, 15) is 19.7 Å². The van der Waals surface area contributed by atoms with Crippen LogP contribution >= 0.6 is 0 Å². The first kappa shape index (κ1) is 24.9. The second kappa shape index (κ2) is 11.5. The normalized spacial score (nSPS) is 14.6. The zero-order valence-corrected chi connectivity index (χ0v) is 20.1. The van der Waals surface area contributed by atoms with Crippen LogP contribution in [-0.2, 0) is 4.79 Å². The monoisotopic (exact) mass is 487 g/mol. The van der Waals surface area contributed by atoms with Crippen molar-refractivity contribution in [2.75, 3.05) is 42.9 Å². The Hall–Kier alpha value is -4.24. The number of non-ortho nitro benzene ring substituents is 1. The van der Waals surface area contributed by atoms with Crippen molar-refractivity contribution in [3.8, 4) is 0 Å². The molecule has 0 radical (unpaired) electrons. The molecule has 1 aliphatic rings. The largest absolute Gasteiger partial charge is 0.369 e. The van der Waals surface area contributed by atoms with Gasteiger partial charge >= 0.3 is 0 Å². The molecule has 0 bridgehead atoms. The van der Waals surface area contributed by atoms with Crippen LogP contribution in [0.2, 0.25) is 0 Å². The Kier molecular flexibility index (Phi) is 7.92. The quantitative estimate of drug-likeness (QED) is 0.369. The van der Waals surface area contributed by atoms with Crippen molar-refractivity contribution in [1.29, 1.82) is 0 Å². The van der Waals surface area contributed by atoms with E-state index in [2.05, 4.69) is 20.4 Å². The topological polar surface area (TPSA) is 108 Å². The number of nitro benzene ring substituents is 1. The highest BCUT2D eigenvalue weighted by atomic mass is 16.6. The summed E-state index contributed by atoms with van der Waals surface area (Å²) in [5, 5.41) is 16.7. The first-order chi connectivity index (χ1) is 17.4. The molecule has 4 rings (SSSR count). The van der Waals surface area contributed by atoms with E-state index in [1.165, 1.54) is 12.1 Å². The van der Waals surface area contributed by atoms with E-state index in [-0.39, 0.29) is 30.1 Å². The summed E-state index contributed by atoms with van der Waals surface area (Å²) in [5.41, 5.74) is 2.88. The molecule has 1 atom stereocenters. The summed E-state index contributed by atoms with van der Waals surface area (Å²) in [4.78, 5) is 40.4. The Morgan fingerprint density at radius 2 is 1.56 bits per heavy atom. The predicted molar refractivity (Wildman–Crippen MR) is 139 cm³/mol. The summed E-state index contributed by atoms with van der Waals surface area (Å²) < 4.78 is 0. The SMILES string of the molecule is CC(NC(=O)c1ccccc1NC(=O)CN1CCN(c2ccc([N+](=O)[O-])cc2)CC1)c1ccccc1. The van der Waals surface area contributed by atoms with Gasteiger partial charge in [0, 0.05) is 44.0 Å². The van der Waals surface area contributed by atoms with Gasteiger partial charge in [0.25, 0.3) is 11.6 Å². The Balaban J connectivity index is 1.30. The molecular weight excluding hydrogens is 458 g/mol. The molecule has 2 N–H and O–H groups in total. The first-order valence-electron chi connectivity index (χ1n) is 11.9. The fourth-order valence-electron chi connectivity index (χ4n) is 4.23. The van der Waals surface area contributed by atoms with E-state index in [0.717, 1.165) is 11.3 Å². The van der Waals surface area contributed by atoms with Crippen LogP contribution in [0.3, 0.4) is 0 Å². The molecule has 0 saturated carbocycles. The minimum absolute atomic E-state index is 0.0672. The van der Waals surface area contributed by atoms with Crippen LogP contribution in [0.15, 0.2) is 78.9 Å². The lowest BCUT2D eigenvalue weighted by atomic mass is 10.1. The Labute approximate surface area is 209 Å². The van der Waals surface area contributed by atoms with Gasteiger partial charge in [-0.1, -0.05) is 42.5 Å². The number of benzene rings is 3. The molecule has 9 nitrogen and oxygen atoms in total. The van der Waals surface area contributed by atoms with Crippen molar-refractivity contribution >= 4 is 28.9 Å². The summed E-state index contributed by atoms with van der Waals surface area (Å²) >= 11 is 0. The van der Waals surface area contributed by atoms with Crippen molar-refractivity contribution < 1.29 is 14.5 Å². The lowest BCUT2D eigenvalue weighted by molar-refractivity contribution is -0.384. The summed E-state index contributed by atoms with van der Waals surface area (Å²) in [7, 11) is 0. The van der Waals surface area contributed by atoms with Crippen molar-refractivity contribution in [3.63, 3.8) is 0 Å². The van der Waals surface area contributed by atoms with Gasteiger partial charge in [-0.05, 0) is 36.8 Å². The van der Waals surface area contributed by atoms with E-state index in [1.807, 2.05) is 37.3 Å². The second-order valence-electron chi connectivity index (χ2n) is 8.74. The molecule has 1 heterocycles. The summed E-state index contributed by atoms with van der Waals surface area (Å²) in [6.45, 7) is 4.92. The zero-order valence-electron chi connectivity index (χ0n) is 20.1. The highest BCUT2D eigenvalue weighted by molar-refractivity contribution is 6.04. The number of piperazine rings is 1. The van der Waals surface area contributed by atoms with Crippen LogP contribution in [-0.4, -0.2) is 54.4 Å². The Morgan fingerprint density at radius 3 is 2.22 bits per heavy atom. The Bertz CT molecular complexity index is 1210. The van der Waals surface area contributed by atoms with Gasteiger partial charge in [-0.3, -0.25) is 24.6 Å². The van der Waals surface area contributed by atoms with Crippen LogP contribution in [0, 0.1) is 10.1 Å². The number of carbonyl (C=O) groups is 2. The summed E-state index contributed by atoms with van der Waals surface area (Å²) in [6.07, 6.45) is 0. The molecular formula is C27H29N5O4. The number of nitrogens with one attached hydrogen (secondary N) is 2. The number of carbonyl (C=O) groups excluding carboxylic acids is 2. The molecule has 1 aliphatic heterocycles. The van der Waals surface area contributed by atoms with Gasteiger partial charge in [-0.25, -0.2) is 0 Å². The van der Waals surface area contributed by atoms with Gasteiger partial charge in [0.2, 0.25) is 5.91 Å². The van der Waals surface area contributed by atoms with Gasteiger partial charge < -0.3 is 15.5 Å². The standard InChI is InChI=1S/C27H29N5O4/c1-20(21-7-3-2-4-8-21)28-27(34)24-9-5-6-10-25(24)29-26(33)19-30-15-17-31(18-16-30)22-11-13-23(14-12-22)32(35)36/h2-14,20H,15-19H2,1H3,(H,28,34)(H,29,33). The van der Waals surface area contributed by atoms with Crippen molar-refractivity contribution in [2.24, 2.45) is 0 Å². The van der Waals surface area contributed by atoms with E-state index in [4.69, 9.17) is 0 Å². The first-order valence-corrected chi connectivity index (χ1v) is 11.9. The lowest BCUT2D eigenvalue weighted by Crippen LogP contribution is -2.48. The van der Waals surface area contributed by atoms with E-state index in [1.54, 1.807) is 36.4 Å². The van der Waals surface area contributed by atoms with Crippen LogP contribution in [0.5, 0.6) is 0 Å². The van der Waals surface area contributed by atoms with E-state index in [0.29, 0.717) is 37.4 Å². The number of nitro groups is 1. The third kappa shape index (κ3) is 6.25. The highest BCUT2D eigenvalue weighted by Gasteiger charge is 2.21. The summed E-state index contributed by atoms with van der Waals surface area (Å²) in [5.74, 6) is -0.436. The number of amides is 2. The van der Waals surface area contributed by atoms with Crippen molar-refractivity contribution in [1.82, 2.24) is 10.2 Å². The molecule has 1 unspecified atom stereocenters. The third-order valence-electron chi connectivity index (χ3n) is 6.26.